The van der Waals surface area contributed by atoms with Crippen LogP contribution in [0.4, 0.5) is 14.5 Å². The first kappa shape index (κ1) is 17.4. The van der Waals surface area contributed by atoms with Crippen LogP contribution >= 0.6 is 11.8 Å². The van der Waals surface area contributed by atoms with Crippen LogP contribution in [0.1, 0.15) is 17.0 Å². The third-order valence-electron chi connectivity index (χ3n) is 3.96. The molecule has 0 saturated carbocycles. The zero-order chi connectivity index (χ0) is 18.0. The molecule has 2 heterocycles. The van der Waals surface area contributed by atoms with Gasteiger partial charge in [-0.2, -0.15) is 5.10 Å². The van der Waals surface area contributed by atoms with Crippen molar-refractivity contribution in [2.45, 2.75) is 20.4 Å². The fraction of sp³-hybridized carbons (Fsp3) is 0.222. The Hall–Kier alpha value is -2.41. The number of thioether (sulfide) groups is 1. The predicted molar refractivity (Wildman–Crippen MR) is 99.7 cm³/mol. The zero-order valence-corrected chi connectivity index (χ0v) is 14.8. The van der Waals surface area contributed by atoms with Gasteiger partial charge in [0.25, 0.3) is 0 Å². The van der Waals surface area contributed by atoms with Crippen molar-refractivity contribution in [2.24, 2.45) is 10.1 Å². The summed E-state index contributed by atoms with van der Waals surface area (Å²) < 4.78 is 28.8. The number of nitrogens with one attached hydrogen (secondary N) is 1. The van der Waals surface area contributed by atoms with E-state index in [4.69, 9.17) is 0 Å². The second kappa shape index (κ2) is 7.23. The minimum Gasteiger partial charge on any atom is -0.345 e. The van der Waals surface area contributed by atoms with Crippen LogP contribution in [-0.4, -0.2) is 21.2 Å². The number of halogens is 2. The Morgan fingerprint density at radius 2 is 2.16 bits per heavy atom. The highest BCUT2D eigenvalue weighted by Gasteiger charge is 2.18. The summed E-state index contributed by atoms with van der Waals surface area (Å²) in [5, 5.41) is 4.86. The zero-order valence-electron chi connectivity index (χ0n) is 14.0. The van der Waals surface area contributed by atoms with E-state index in [2.05, 4.69) is 39.7 Å². The van der Waals surface area contributed by atoms with Crippen LogP contribution in [0.5, 0.6) is 0 Å². The van der Waals surface area contributed by atoms with Crippen molar-refractivity contribution < 1.29 is 8.78 Å². The van der Waals surface area contributed by atoms with Crippen LogP contribution in [0.2, 0.25) is 0 Å². The first-order chi connectivity index (χ1) is 12.0. The summed E-state index contributed by atoms with van der Waals surface area (Å²) in [7, 11) is 0. The van der Waals surface area contributed by atoms with Crippen molar-refractivity contribution in [2.75, 3.05) is 5.75 Å². The van der Waals surface area contributed by atoms with Crippen molar-refractivity contribution in [3.8, 4) is 0 Å². The Morgan fingerprint density at radius 1 is 1.36 bits per heavy atom. The molecule has 0 radical (unpaired) electrons. The maximum Gasteiger partial charge on any atom is 0.182 e. The molecule has 0 fully saturated rings. The number of hydrogen-bond donors (Lipinski definition) is 1. The molecule has 4 nitrogen and oxygen atoms in total. The molecule has 1 aliphatic heterocycles. The Kier molecular flexibility index (Phi) is 5.03. The summed E-state index contributed by atoms with van der Waals surface area (Å²) in [6, 6.07) is 5.40. The quantitative estimate of drug-likeness (QED) is 0.826. The number of aromatic nitrogens is 1. The molecule has 130 valence electrons. The normalized spacial score (nSPS) is 15.8. The molecule has 25 heavy (non-hydrogen) atoms. The number of allylic oxidation sites excluding steroid dienone is 1. The maximum absolute atomic E-state index is 13.7. The lowest BCUT2D eigenvalue weighted by Gasteiger charge is -2.15. The van der Waals surface area contributed by atoms with Gasteiger partial charge in [0, 0.05) is 35.3 Å². The van der Waals surface area contributed by atoms with E-state index in [1.54, 1.807) is 0 Å². The van der Waals surface area contributed by atoms with E-state index >= 15 is 0 Å². The third-order valence-corrected chi connectivity index (χ3v) is 4.83. The molecule has 1 aliphatic rings. The monoisotopic (exact) mass is 360 g/mol. The smallest absolute Gasteiger partial charge is 0.182 e. The van der Waals surface area contributed by atoms with E-state index in [-0.39, 0.29) is 5.69 Å². The van der Waals surface area contributed by atoms with Gasteiger partial charge in [-0.25, -0.2) is 13.8 Å². The first-order valence-corrected chi connectivity index (χ1v) is 8.75. The molecule has 7 heteroatoms. The standard InChI is InChI=1S/C18H18F2N4S/c1-4-7-24-11(2)8-14(12(24)3)17-10-25-18(23-22-17)21-16-6-5-13(19)9-15(16)20/h4-6,8-9H,1,7,10H2,2-3H3,(H,21,23). The molecular weight excluding hydrogens is 342 g/mol. The molecule has 1 N–H and O–H groups in total. The van der Waals surface area contributed by atoms with Crippen molar-refractivity contribution >= 4 is 28.3 Å². The fourth-order valence-electron chi connectivity index (χ4n) is 2.70. The van der Waals surface area contributed by atoms with Crippen molar-refractivity contribution in [3.05, 3.63) is 65.5 Å². The topological polar surface area (TPSA) is 41.7 Å². The third kappa shape index (κ3) is 3.66. The summed E-state index contributed by atoms with van der Waals surface area (Å²) in [6.45, 7) is 8.64. The highest BCUT2D eigenvalue weighted by molar-refractivity contribution is 8.14. The van der Waals surface area contributed by atoms with Crippen LogP contribution in [0, 0.1) is 25.5 Å². The Bertz CT molecular complexity index is 883. The van der Waals surface area contributed by atoms with Crippen LogP contribution in [0.25, 0.3) is 0 Å². The molecule has 0 atom stereocenters. The summed E-state index contributed by atoms with van der Waals surface area (Å²) in [4.78, 5) is 4.16. The van der Waals surface area contributed by atoms with Crippen LogP contribution in [0.3, 0.4) is 0 Å². The predicted octanol–water partition coefficient (Wildman–Crippen LogP) is 4.30. The molecule has 0 amide bonds. The number of nitrogens with zero attached hydrogens (tertiary/aromatic N) is 3. The molecule has 0 saturated heterocycles. The van der Waals surface area contributed by atoms with Crippen molar-refractivity contribution in [1.82, 2.24) is 9.99 Å². The minimum atomic E-state index is -0.697. The summed E-state index contributed by atoms with van der Waals surface area (Å²) in [5.74, 6) is -0.703. The van der Waals surface area contributed by atoms with E-state index in [0.29, 0.717) is 10.9 Å². The number of aryl methyl sites for hydroxylation is 1. The lowest BCUT2D eigenvalue weighted by atomic mass is 10.1. The maximum atomic E-state index is 13.7. The summed E-state index contributed by atoms with van der Waals surface area (Å²) in [5.41, 5.74) is 7.20. The molecule has 0 unspecified atom stereocenters. The summed E-state index contributed by atoms with van der Waals surface area (Å²) in [6.07, 6.45) is 1.86. The molecule has 0 spiro atoms. The van der Waals surface area contributed by atoms with Gasteiger partial charge in [-0.15, -0.1) is 6.58 Å². The molecule has 2 aromatic rings. The lowest BCUT2D eigenvalue weighted by molar-refractivity contribution is 0.585. The lowest BCUT2D eigenvalue weighted by Crippen LogP contribution is -2.25. The molecule has 1 aromatic carbocycles. The van der Waals surface area contributed by atoms with Gasteiger partial charge in [0.2, 0.25) is 0 Å². The second-order valence-electron chi connectivity index (χ2n) is 5.66. The Morgan fingerprint density at radius 3 is 2.80 bits per heavy atom. The minimum absolute atomic E-state index is 0.0826. The fourth-order valence-corrected chi connectivity index (χ4v) is 3.46. The van der Waals surface area contributed by atoms with Gasteiger partial charge in [-0.3, -0.25) is 5.43 Å². The number of rotatable bonds is 4. The van der Waals surface area contributed by atoms with Crippen LogP contribution < -0.4 is 5.43 Å². The molecule has 0 bridgehead atoms. The number of aliphatic imine (C=N–C) groups is 1. The van der Waals surface area contributed by atoms with Gasteiger partial charge in [0.15, 0.2) is 11.0 Å². The number of hydrazone groups is 1. The van der Waals surface area contributed by atoms with Gasteiger partial charge in [-0.1, -0.05) is 17.8 Å². The van der Waals surface area contributed by atoms with E-state index in [9.17, 15) is 8.78 Å². The molecule has 1 aromatic heterocycles. The SMILES string of the molecule is C=CCn1c(C)cc(C2=NNC(=Nc3ccc(F)cc3F)SC2)c1C. The number of amidine groups is 1. The van der Waals surface area contributed by atoms with Crippen LogP contribution in [0.15, 0.2) is 47.0 Å². The second-order valence-corrected chi connectivity index (χ2v) is 6.62. The van der Waals surface area contributed by atoms with E-state index in [1.807, 2.05) is 13.0 Å². The highest BCUT2D eigenvalue weighted by Crippen LogP contribution is 2.24. The molecule has 0 aliphatic carbocycles. The van der Waals surface area contributed by atoms with Crippen LogP contribution in [-0.2, 0) is 6.54 Å². The highest BCUT2D eigenvalue weighted by atomic mass is 32.2. The van der Waals surface area contributed by atoms with E-state index < -0.39 is 11.6 Å². The van der Waals surface area contributed by atoms with E-state index in [1.165, 1.54) is 23.9 Å². The summed E-state index contributed by atoms with van der Waals surface area (Å²) >= 11 is 1.43. The van der Waals surface area contributed by atoms with Gasteiger partial charge in [-0.05, 0) is 32.0 Å². The van der Waals surface area contributed by atoms with E-state index in [0.717, 1.165) is 35.3 Å². The average molecular weight is 360 g/mol. The number of hydrogen-bond acceptors (Lipinski definition) is 3. The molecule has 3 rings (SSSR count). The van der Waals surface area contributed by atoms with Gasteiger partial charge in [0.1, 0.15) is 11.5 Å². The average Bonchev–Trinajstić information content (AvgIpc) is 2.87. The van der Waals surface area contributed by atoms with Crippen molar-refractivity contribution in [1.29, 1.82) is 0 Å². The van der Waals surface area contributed by atoms with Gasteiger partial charge < -0.3 is 4.57 Å². The Labute approximate surface area is 149 Å². The van der Waals surface area contributed by atoms with Crippen molar-refractivity contribution in [3.63, 3.8) is 0 Å². The largest absolute Gasteiger partial charge is 0.345 e. The number of benzene rings is 1. The Balaban J connectivity index is 1.82. The first-order valence-electron chi connectivity index (χ1n) is 7.76. The molecular formula is C18H18F2N4S. The van der Waals surface area contributed by atoms with Gasteiger partial charge in [0.05, 0.1) is 5.71 Å². The van der Waals surface area contributed by atoms with Gasteiger partial charge >= 0.3 is 0 Å².